The molecule has 1 saturated heterocycles. The van der Waals surface area contributed by atoms with Crippen LogP contribution in [0.5, 0.6) is 11.5 Å². The highest BCUT2D eigenvalue weighted by Crippen LogP contribution is 2.31. The van der Waals surface area contributed by atoms with Crippen LogP contribution in [0.3, 0.4) is 0 Å². The molecule has 6 heteroatoms. The average molecular weight is 354 g/mol. The molecule has 1 aliphatic rings. The van der Waals surface area contributed by atoms with Gasteiger partial charge in [0.2, 0.25) is 0 Å². The summed E-state index contributed by atoms with van der Waals surface area (Å²) in [4.78, 5) is 26.3. The Morgan fingerprint density at radius 3 is 2.35 bits per heavy atom. The fourth-order valence-corrected chi connectivity index (χ4v) is 3.08. The maximum atomic E-state index is 12.7. The number of benzene rings is 2. The lowest BCUT2D eigenvalue weighted by Gasteiger charge is -2.17. The van der Waals surface area contributed by atoms with Gasteiger partial charge in [0, 0.05) is 6.42 Å². The van der Waals surface area contributed by atoms with Crippen molar-refractivity contribution in [2.24, 2.45) is 0 Å². The van der Waals surface area contributed by atoms with Crippen LogP contribution in [0.1, 0.15) is 16.7 Å². The van der Waals surface area contributed by atoms with E-state index < -0.39 is 6.04 Å². The van der Waals surface area contributed by atoms with E-state index in [1.807, 2.05) is 43.3 Å². The molecular weight excluding hydrogens is 332 g/mol. The van der Waals surface area contributed by atoms with Gasteiger partial charge in [0.05, 0.1) is 20.8 Å². The molecule has 0 spiro atoms. The number of hydrogen-bond donors (Lipinski definition) is 1. The second-order valence-corrected chi connectivity index (χ2v) is 6.25. The van der Waals surface area contributed by atoms with Crippen LogP contribution in [0, 0.1) is 6.92 Å². The van der Waals surface area contributed by atoms with E-state index in [1.54, 1.807) is 20.3 Å². The van der Waals surface area contributed by atoms with Crippen molar-refractivity contribution >= 4 is 11.9 Å². The molecule has 0 aliphatic carbocycles. The first-order valence-corrected chi connectivity index (χ1v) is 8.40. The molecule has 0 aromatic heterocycles. The second-order valence-electron chi connectivity index (χ2n) is 6.25. The van der Waals surface area contributed by atoms with Gasteiger partial charge in [-0.3, -0.25) is 9.69 Å². The molecule has 1 aliphatic heterocycles. The molecule has 1 atom stereocenters. The van der Waals surface area contributed by atoms with Crippen LogP contribution in [-0.4, -0.2) is 37.1 Å². The maximum Gasteiger partial charge on any atom is 0.325 e. The fraction of sp³-hybridized carbons (Fsp3) is 0.300. The van der Waals surface area contributed by atoms with E-state index in [-0.39, 0.29) is 18.5 Å². The van der Waals surface area contributed by atoms with Gasteiger partial charge in [-0.05, 0) is 35.7 Å². The Morgan fingerprint density at radius 2 is 1.69 bits per heavy atom. The number of amides is 3. The van der Waals surface area contributed by atoms with Gasteiger partial charge in [0.15, 0.2) is 11.5 Å². The summed E-state index contributed by atoms with van der Waals surface area (Å²) in [6.45, 7) is 2.11. The number of ether oxygens (including phenoxy) is 2. The first-order chi connectivity index (χ1) is 12.5. The predicted octanol–water partition coefficient (Wildman–Crippen LogP) is 2.68. The highest BCUT2D eigenvalue weighted by Gasteiger charge is 2.38. The smallest absolute Gasteiger partial charge is 0.325 e. The summed E-state index contributed by atoms with van der Waals surface area (Å²) < 4.78 is 10.6. The second kappa shape index (κ2) is 7.47. The molecule has 3 amide bonds. The van der Waals surface area contributed by atoms with Crippen molar-refractivity contribution in [2.45, 2.75) is 25.9 Å². The number of nitrogens with one attached hydrogen (secondary N) is 1. The fourth-order valence-electron chi connectivity index (χ4n) is 3.08. The Balaban J connectivity index is 1.78. The lowest BCUT2D eigenvalue weighted by Crippen LogP contribution is -2.32. The summed E-state index contributed by atoms with van der Waals surface area (Å²) in [5, 5.41) is 2.77. The van der Waals surface area contributed by atoms with Crippen molar-refractivity contribution in [2.75, 3.05) is 14.2 Å². The number of rotatable bonds is 6. The Labute approximate surface area is 152 Å². The van der Waals surface area contributed by atoms with Crippen LogP contribution in [0.15, 0.2) is 42.5 Å². The molecular formula is C20H22N2O4. The molecule has 0 bridgehead atoms. The molecule has 2 aromatic carbocycles. The first-order valence-electron chi connectivity index (χ1n) is 8.40. The van der Waals surface area contributed by atoms with Crippen LogP contribution in [0.4, 0.5) is 4.79 Å². The average Bonchev–Trinajstić information content (AvgIpc) is 2.91. The van der Waals surface area contributed by atoms with Crippen molar-refractivity contribution in [3.63, 3.8) is 0 Å². The highest BCUT2D eigenvalue weighted by molar-refractivity contribution is 6.04. The summed E-state index contributed by atoms with van der Waals surface area (Å²) in [6.07, 6.45) is 0.479. The van der Waals surface area contributed by atoms with Crippen LogP contribution in [0.2, 0.25) is 0 Å². The van der Waals surface area contributed by atoms with Crippen molar-refractivity contribution in [1.82, 2.24) is 10.2 Å². The summed E-state index contributed by atoms with van der Waals surface area (Å²) in [5.41, 5.74) is 2.77. The minimum absolute atomic E-state index is 0.197. The normalized spacial score (nSPS) is 16.6. The van der Waals surface area contributed by atoms with E-state index in [2.05, 4.69) is 5.32 Å². The lowest BCUT2D eigenvalue weighted by atomic mass is 10.1. The molecule has 2 aromatic rings. The summed E-state index contributed by atoms with van der Waals surface area (Å²) >= 11 is 0. The molecule has 0 saturated carbocycles. The Bertz CT molecular complexity index is 820. The molecule has 26 heavy (non-hydrogen) atoms. The number of urea groups is 1. The Kier molecular flexibility index (Phi) is 5.11. The molecule has 0 radical (unpaired) electrons. The van der Waals surface area contributed by atoms with E-state index in [0.717, 1.165) is 16.7 Å². The van der Waals surface area contributed by atoms with Crippen LogP contribution in [-0.2, 0) is 17.8 Å². The highest BCUT2D eigenvalue weighted by atomic mass is 16.5. The van der Waals surface area contributed by atoms with Gasteiger partial charge in [0.25, 0.3) is 5.91 Å². The lowest BCUT2D eigenvalue weighted by molar-refractivity contribution is -0.127. The van der Waals surface area contributed by atoms with E-state index in [0.29, 0.717) is 17.9 Å². The Morgan fingerprint density at radius 1 is 1.04 bits per heavy atom. The van der Waals surface area contributed by atoms with Crippen LogP contribution < -0.4 is 14.8 Å². The van der Waals surface area contributed by atoms with Crippen molar-refractivity contribution in [3.05, 3.63) is 59.2 Å². The molecule has 1 heterocycles. The van der Waals surface area contributed by atoms with Crippen LogP contribution in [0.25, 0.3) is 0 Å². The van der Waals surface area contributed by atoms with Crippen molar-refractivity contribution in [3.8, 4) is 11.5 Å². The van der Waals surface area contributed by atoms with Gasteiger partial charge in [0.1, 0.15) is 6.04 Å². The third-order valence-electron chi connectivity index (χ3n) is 4.56. The summed E-state index contributed by atoms with van der Waals surface area (Å²) in [5.74, 6) is 0.974. The minimum atomic E-state index is -0.537. The zero-order valence-electron chi connectivity index (χ0n) is 15.1. The van der Waals surface area contributed by atoms with Crippen LogP contribution >= 0.6 is 0 Å². The van der Waals surface area contributed by atoms with Gasteiger partial charge in [-0.25, -0.2) is 4.79 Å². The van der Waals surface area contributed by atoms with Crippen molar-refractivity contribution < 1.29 is 19.1 Å². The number of imide groups is 1. The molecule has 3 rings (SSSR count). The molecule has 1 N–H and O–H groups in total. The number of methoxy groups -OCH3 is 2. The zero-order valence-corrected chi connectivity index (χ0v) is 15.1. The summed E-state index contributed by atoms with van der Waals surface area (Å²) in [7, 11) is 3.13. The van der Waals surface area contributed by atoms with Gasteiger partial charge in [-0.2, -0.15) is 0 Å². The summed E-state index contributed by atoms with van der Waals surface area (Å²) in [6, 6.07) is 12.4. The third-order valence-corrected chi connectivity index (χ3v) is 4.56. The van der Waals surface area contributed by atoms with E-state index in [1.165, 1.54) is 4.90 Å². The number of nitrogens with zero attached hydrogens (tertiary/aromatic N) is 1. The number of aryl methyl sites for hydroxylation is 1. The minimum Gasteiger partial charge on any atom is -0.493 e. The zero-order chi connectivity index (χ0) is 18.7. The van der Waals surface area contributed by atoms with E-state index in [9.17, 15) is 9.59 Å². The molecule has 136 valence electrons. The van der Waals surface area contributed by atoms with Gasteiger partial charge < -0.3 is 14.8 Å². The SMILES string of the molecule is COc1cc(C)c(CN2C(=O)N[C@@H](Cc3ccccc3)C2=O)cc1OC. The van der Waals surface area contributed by atoms with E-state index >= 15 is 0 Å². The van der Waals surface area contributed by atoms with Gasteiger partial charge >= 0.3 is 6.03 Å². The van der Waals surface area contributed by atoms with E-state index in [4.69, 9.17) is 9.47 Å². The predicted molar refractivity (Wildman–Crippen MR) is 97.3 cm³/mol. The number of carbonyl (C=O) groups is 2. The molecule has 6 nitrogen and oxygen atoms in total. The monoisotopic (exact) mass is 354 g/mol. The first kappa shape index (κ1) is 17.8. The maximum absolute atomic E-state index is 12.7. The standard InChI is InChI=1S/C20H22N2O4/c1-13-9-17(25-2)18(26-3)11-15(13)12-22-19(23)16(21-20(22)24)10-14-7-5-4-6-8-14/h4-9,11,16H,10,12H2,1-3H3,(H,21,24)/t16-/m0/s1. The molecule has 1 fully saturated rings. The largest absolute Gasteiger partial charge is 0.493 e. The topological polar surface area (TPSA) is 67.9 Å². The molecule has 0 unspecified atom stereocenters. The van der Waals surface area contributed by atoms with Gasteiger partial charge in [-0.1, -0.05) is 30.3 Å². The Hall–Kier alpha value is -3.02. The third kappa shape index (κ3) is 3.49. The number of carbonyl (C=O) groups excluding carboxylic acids is 2. The quantitative estimate of drug-likeness (QED) is 0.810. The van der Waals surface area contributed by atoms with Gasteiger partial charge in [-0.15, -0.1) is 0 Å². The van der Waals surface area contributed by atoms with Crippen molar-refractivity contribution in [1.29, 1.82) is 0 Å². The number of hydrogen-bond acceptors (Lipinski definition) is 4.